The molecule has 0 unspecified atom stereocenters. The Kier molecular flexibility index (Phi) is 3.38. The van der Waals surface area contributed by atoms with Gasteiger partial charge in [0.15, 0.2) is 5.82 Å². The Labute approximate surface area is 88.2 Å². The molecule has 0 fully saturated rings. The summed E-state index contributed by atoms with van der Waals surface area (Å²) in [6.45, 7) is 3.10. The number of aromatic nitrogens is 2. The van der Waals surface area contributed by atoms with E-state index in [1.807, 2.05) is 0 Å². The molecule has 0 aromatic carbocycles. The van der Waals surface area contributed by atoms with Gasteiger partial charge in [-0.3, -0.25) is 0 Å². The van der Waals surface area contributed by atoms with Crippen LogP contribution in [0.4, 0.5) is 0 Å². The largest absolute Gasteiger partial charge is 0.384 e. The molecular weight excluding hydrogens is 218 g/mol. The van der Waals surface area contributed by atoms with E-state index < -0.39 is 21.4 Å². The summed E-state index contributed by atoms with van der Waals surface area (Å²) in [5, 5.41) is 13.4. The Balaban J connectivity index is 2.95. The van der Waals surface area contributed by atoms with E-state index in [9.17, 15) is 13.5 Å². The minimum atomic E-state index is -3.79. The summed E-state index contributed by atoms with van der Waals surface area (Å²) in [5.41, 5.74) is 0.828. The van der Waals surface area contributed by atoms with Crippen molar-refractivity contribution in [3.05, 3.63) is 23.8 Å². The first kappa shape index (κ1) is 12.0. The zero-order valence-corrected chi connectivity index (χ0v) is 9.27. The molecule has 84 valence electrons. The minimum absolute atomic E-state index is 0.0575. The zero-order valence-electron chi connectivity index (χ0n) is 8.45. The Hall–Kier alpha value is -1.05. The summed E-state index contributed by atoms with van der Waals surface area (Å²) >= 11 is 0. The van der Waals surface area contributed by atoms with Gasteiger partial charge >= 0.3 is 0 Å². The van der Waals surface area contributed by atoms with E-state index in [-0.39, 0.29) is 5.82 Å². The lowest BCUT2D eigenvalue weighted by Gasteiger charge is -2.15. The van der Waals surface area contributed by atoms with E-state index in [1.165, 1.54) is 19.3 Å². The maximum atomic E-state index is 11.0. The lowest BCUT2D eigenvalue weighted by molar-refractivity contribution is 0.166. The van der Waals surface area contributed by atoms with Crippen LogP contribution in [-0.4, -0.2) is 28.7 Å². The number of nitrogens with two attached hydrogens (primary N) is 1. The quantitative estimate of drug-likeness (QED) is 0.729. The molecule has 1 aromatic rings. The average molecular weight is 231 g/mol. The molecule has 6 nitrogen and oxygen atoms in total. The highest BCUT2D eigenvalue weighted by atomic mass is 32.2. The highest BCUT2D eigenvalue weighted by Crippen LogP contribution is 2.16. The minimum Gasteiger partial charge on any atom is -0.384 e. The van der Waals surface area contributed by atoms with Crippen molar-refractivity contribution in [3.63, 3.8) is 0 Å². The van der Waals surface area contributed by atoms with Crippen molar-refractivity contribution < 1.29 is 13.5 Å². The third-order valence-electron chi connectivity index (χ3n) is 2.03. The number of sulfonamides is 1. The van der Waals surface area contributed by atoms with Gasteiger partial charge in [-0.25, -0.2) is 23.5 Å². The Morgan fingerprint density at radius 2 is 1.87 bits per heavy atom. The first-order chi connectivity index (χ1) is 6.82. The number of aliphatic hydroxyl groups is 1. The summed E-state index contributed by atoms with van der Waals surface area (Å²) in [7, 11) is -3.79. The van der Waals surface area contributed by atoms with Crippen LogP contribution in [-0.2, 0) is 10.0 Å². The molecule has 1 heterocycles. The van der Waals surface area contributed by atoms with Crippen molar-refractivity contribution in [1.29, 1.82) is 0 Å². The van der Waals surface area contributed by atoms with E-state index in [0.29, 0.717) is 0 Å². The van der Waals surface area contributed by atoms with Gasteiger partial charge in [-0.2, -0.15) is 0 Å². The normalized spacial score (nSPS) is 16.0. The number of hydrogen-bond donors (Lipinski definition) is 2. The van der Waals surface area contributed by atoms with Gasteiger partial charge in [-0.1, -0.05) is 0 Å². The fourth-order valence-corrected chi connectivity index (χ4v) is 1.43. The first-order valence-electron chi connectivity index (χ1n) is 4.30. The fourth-order valence-electron chi connectivity index (χ4n) is 0.945. The van der Waals surface area contributed by atoms with Gasteiger partial charge in [0.2, 0.25) is 10.0 Å². The highest BCUT2D eigenvalue weighted by Gasteiger charge is 2.27. The molecule has 1 aromatic heterocycles. The van der Waals surface area contributed by atoms with Gasteiger partial charge in [0.05, 0.1) is 0 Å². The van der Waals surface area contributed by atoms with Crippen LogP contribution in [0.15, 0.2) is 12.4 Å². The third-order valence-corrected chi connectivity index (χ3v) is 3.32. The van der Waals surface area contributed by atoms with E-state index in [0.717, 1.165) is 5.56 Å². The Morgan fingerprint density at radius 1 is 1.40 bits per heavy atom. The topological polar surface area (TPSA) is 106 Å². The van der Waals surface area contributed by atoms with Gasteiger partial charge in [-0.05, 0) is 19.4 Å². The molecule has 3 N–H and O–H groups in total. The van der Waals surface area contributed by atoms with E-state index in [4.69, 9.17) is 5.14 Å². The smallest absolute Gasteiger partial charge is 0.214 e. The molecule has 0 aliphatic carbocycles. The Morgan fingerprint density at radius 3 is 2.27 bits per heavy atom. The molecule has 15 heavy (non-hydrogen) atoms. The summed E-state index contributed by atoms with van der Waals surface area (Å²) in [5.74, 6) is 0.0575. The summed E-state index contributed by atoms with van der Waals surface area (Å²) in [6, 6.07) is 0. The SMILES string of the molecule is Cc1cnc([C@H](O)[C@@H](C)S(N)(=O)=O)nc1. The highest BCUT2D eigenvalue weighted by molar-refractivity contribution is 7.89. The van der Waals surface area contributed by atoms with Gasteiger partial charge in [0, 0.05) is 12.4 Å². The molecule has 0 bridgehead atoms. The second-order valence-corrected chi connectivity index (χ2v) is 5.28. The molecule has 0 saturated heterocycles. The molecular formula is C8H13N3O3S. The molecule has 0 radical (unpaired) electrons. The van der Waals surface area contributed by atoms with Crippen LogP contribution >= 0.6 is 0 Å². The fraction of sp³-hybridized carbons (Fsp3) is 0.500. The van der Waals surface area contributed by atoms with E-state index >= 15 is 0 Å². The zero-order chi connectivity index (χ0) is 11.6. The van der Waals surface area contributed by atoms with Crippen molar-refractivity contribution in [2.75, 3.05) is 0 Å². The number of primary sulfonamides is 1. The second-order valence-electron chi connectivity index (χ2n) is 3.36. The van der Waals surface area contributed by atoms with Crippen LogP contribution in [0.3, 0.4) is 0 Å². The summed E-state index contributed by atoms with van der Waals surface area (Å²) in [4.78, 5) is 7.66. The van der Waals surface area contributed by atoms with Crippen LogP contribution in [0.1, 0.15) is 24.4 Å². The summed E-state index contributed by atoms with van der Waals surface area (Å²) in [6.07, 6.45) is 1.70. The van der Waals surface area contributed by atoms with E-state index in [2.05, 4.69) is 9.97 Å². The number of nitrogens with zero attached hydrogens (tertiary/aromatic N) is 2. The summed E-state index contributed by atoms with van der Waals surface area (Å²) < 4.78 is 22.0. The molecule has 7 heteroatoms. The van der Waals surface area contributed by atoms with Crippen LogP contribution in [0, 0.1) is 6.92 Å². The lowest BCUT2D eigenvalue weighted by atomic mass is 10.2. The van der Waals surface area contributed by atoms with Crippen molar-refractivity contribution in [2.24, 2.45) is 5.14 Å². The molecule has 0 aliphatic heterocycles. The van der Waals surface area contributed by atoms with Crippen LogP contribution < -0.4 is 5.14 Å². The Bertz CT molecular complexity index is 429. The first-order valence-corrected chi connectivity index (χ1v) is 5.91. The average Bonchev–Trinajstić information content (AvgIpc) is 2.15. The lowest BCUT2D eigenvalue weighted by Crippen LogP contribution is -2.32. The molecule has 2 atom stereocenters. The number of hydrogen-bond acceptors (Lipinski definition) is 5. The van der Waals surface area contributed by atoms with Crippen LogP contribution in [0.5, 0.6) is 0 Å². The van der Waals surface area contributed by atoms with Crippen molar-refractivity contribution >= 4 is 10.0 Å². The molecule has 1 rings (SSSR count). The van der Waals surface area contributed by atoms with Crippen LogP contribution in [0.2, 0.25) is 0 Å². The predicted molar refractivity (Wildman–Crippen MR) is 54.3 cm³/mol. The van der Waals surface area contributed by atoms with Gasteiger partial charge in [-0.15, -0.1) is 0 Å². The molecule has 0 aliphatic rings. The maximum Gasteiger partial charge on any atom is 0.214 e. The predicted octanol–water partition coefficient (Wildman–Crippen LogP) is -0.505. The number of aryl methyl sites for hydroxylation is 1. The molecule has 0 spiro atoms. The van der Waals surface area contributed by atoms with Gasteiger partial charge in [0.1, 0.15) is 11.4 Å². The maximum absolute atomic E-state index is 11.0. The van der Waals surface area contributed by atoms with Crippen molar-refractivity contribution in [3.8, 4) is 0 Å². The number of aliphatic hydroxyl groups excluding tert-OH is 1. The second kappa shape index (κ2) is 4.21. The van der Waals surface area contributed by atoms with Gasteiger partial charge < -0.3 is 5.11 Å². The van der Waals surface area contributed by atoms with Crippen LogP contribution in [0.25, 0.3) is 0 Å². The van der Waals surface area contributed by atoms with Crippen molar-refractivity contribution in [2.45, 2.75) is 25.2 Å². The molecule has 0 saturated carbocycles. The van der Waals surface area contributed by atoms with E-state index in [1.54, 1.807) is 6.92 Å². The standard InChI is InChI=1S/C8H13N3O3S/c1-5-3-10-8(11-4-5)7(12)6(2)15(9,13)14/h3-4,6-7,12H,1-2H3,(H2,9,13,14)/t6-,7-/m1/s1. The van der Waals surface area contributed by atoms with Gasteiger partial charge in [0.25, 0.3) is 0 Å². The number of rotatable bonds is 3. The van der Waals surface area contributed by atoms with Crippen molar-refractivity contribution in [1.82, 2.24) is 9.97 Å². The molecule has 0 amide bonds. The monoisotopic (exact) mass is 231 g/mol. The third kappa shape index (κ3) is 2.95.